The van der Waals surface area contributed by atoms with Crippen molar-refractivity contribution in [2.45, 2.75) is 46.2 Å². The molecule has 2 atom stereocenters. The van der Waals surface area contributed by atoms with Gasteiger partial charge in [-0.05, 0) is 18.8 Å². The van der Waals surface area contributed by atoms with E-state index in [1.807, 2.05) is 0 Å². The van der Waals surface area contributed by atoms with Crippen LogP contribution in [-0.2, 0) is 0 Å². The van der Waals surface area contributed by atoms with Crippen LogP contribution in [0.15, 0.2) is 0 Å². The highest BCUT2D eigenvalue weighted by molar-refractivity contribution is 4.91. The van der Waals surface area contributed by atoms with Crippen molar-refractivity contribution in [3.05, 3.63) is 0 Å². The van der Waals surface area contributed by atoms with Gasteiger partial charge in [0, 0.05) is 25.2 Å². The number of hydrogen-bond acceptors (Lipinski definition) is 2. The van der Waals surface area contributed by atoms with E-state index < -0.39 is 0 Å². The lowest BCUT2D eigenvalue weighted by atomic mass is 9.82. The molecular weight excluding hydrogens is 148 g/mol. The van der Waals surface area contributed by atoms with E-state index in [9.17, 15) is 0 Å². The average Bonchev–Trinajstić information content (AvgIpc) is 1.94. The molecule has 0 spiro atoms. The van der Waals surface area contributed by atoms with E-state index in [1.165, 1.54) is 13.0 Å². The normalized spacial score (nSPS) is 28.2. The van der Waals surface area contributed by atoms with E-state index in [-0.39, 0.29) is 0 Å². The van der Waals surface area contributed by atoms with Crippen LogP contribution in [0, 0.1) is 5.41 Å². The monoisotopic (exact) mass is 170 g/mol. The molecule has 2 heteroatoms. The van der Waals surface area contributed by atoms with Gasteiger partial charge < -0.3 is 5.73 Å². The molecule has 2 nitrogen and oxygen atoms in total. The van der Waals surface area contributed by atoms with Crippen LogP contribution in [0.4, 0.5) is 0 Å². The van der Waals surface area contributed by atoms with Crippen molar-refractivity contribution in [3.63, 3.8) is 0 Å². The maximum Gasteiger partial charge on any atom is 0.0269 e. The van der Waals surface area contributed by atoms with Crippen LogP contribution in [0.25, 0.3) is 0 Å². The lowest BCUT2D eigenvalue weighted by molar-refractivity contribution is 0.00411. The fourth-order valence-electron chi connectivity index (χ4n) is 1.99. The van der Waals surface area contributed by atoms with E-state index >= 15 is 0 Å². The zero-order valence-electron chi connectivity index (χ0n) is 8.80. The van der Waals surface area contributed by atoms with Crippen LogP contribution in [0.1, 0.15) is 34.1 Å². The van der Waals surface area contributed by atoms with Gasteiger partial charge >= 0.3 is 0 Å². The van der Waals surface area contributed by atoms with E-state index in [0.29, 0.717) is 11.5 Å². The first-order valence-corrected chi connectivity index (χ1v) is 4.92. The van der Waals surface area contributed by atoms with Gasteiger partial charge in [0.15, 0.2) is 0 Å². The van der Waals surface area contributed by atoms with Gasteiger partial charge in [-0.15, -0.1) is 0 Å². The van der Waals surface area contributed by atoms with Crippen LogP contribution >= 0.6 is 0 Å². The smallest absolute Gasteiger partial charge is 0.0269 e. The summed E-state index contributed by atoms with van der Waals surface area (Å²) >= 11 is 0. The molecular formula is C10H22N2. The number of nitrogens with zero attached hydrogens (tertiary/aromatic N) is 1. The molecule has 0 saturated carbocycles. The zero-order valence-corrected chi connectivity index (χ0v) is 8.80. The van der Waals surface area contributed by atoms with E-state index in [2.05, 4.69) is 32.6 Å². The second-order valence-electron chi connectivity index (χ2n) is 4.99. The van der Waals surface area contributed by atoms with Gasteiger partial charge in [-0.25, -0.2) is 0 Å². The minimum Gasteiger partial charge on any atom is -0.329 e. The molecule has 0 aromatic rings. The molecule has 2 unspecified atom stereocenters. The second kappa shape index (κ2) is 3.35. The number of nitrogens with two attached hydrogens (primary N) is 1. The van der Waals surface area contributed by atoms with Crippen molar-refractivity contribution in [1.82, 2.24) is 4.90 Å². The van der Waals surface area contributed by atoms with E-state index in [1.54, 1.807) is 0 Å². The highest BCUT2D eigenvalue weighted by Crippen LogP contribution is 2.30. The molecule has 1 rings (SSSR count). The quantitative estimate of drug-likeness (QED) is 0.679. The molecule has 1 fully saturated rings. The van der Waals surface area contributed by atoms with Gasteiger partial charge in [-0.3, -0.25) is 4.90 Å². The molecule has 0 aromatic heterocycles. The third-order valence-electron chi connectivity index (χ3n) is 2.99. The predicted octanol–water partition coefficient (Wildman–Crippen LogP) is 1.45. The predicted molar refractivity (Wildman–Crippen MR) is 53.1 cm³/mol. The Bertz CT molecular complexity index is 148. The third kappa shape index (κ3) is 1.80. The number of likely N-dealkylation sites (tertiary alicyclic amines) is 1. The lowest BCUT2D eigenvalue weighted by Crippen LogP contribution is -2.58. The largest absolute Gasteiger partial charge is 0.329 e. The Labute approximate surface area is 76.1 Å². The van der Waals surface area contributed by atoms with Crippen molar-refractivity contribution in [1.29, 1.82) is 0 Å². The summed E-state index contributed by atoms with van der Waals surface area (Å²) in [6.07, 6.45) is 1.34. The van der Waals surface area contributed by atoms with Crippen LogP contribution in [0.3, 0.4) is 0 Å². The van der Waals surface area contributed by atoms with Crippen molar-refractivity contribution in [2.75, 3.05) is 13.1 Å². The second-order valence-corrected chi connectivity index (χ2v) is 4.99. The van der Waals surface area contributed by atoms with Gasteiger partial charge in [-0.2, -0.15) is 0 Å². The van der Waals surface area contributed by atoms with Crippen molar-refractivity contribution in [3.8, 4) is 0 Å². The summed E-state index contributed by atoms with van der Waals surface area (Å²) in [5.74, 6) is 0. The SMILES string of the molecule is CC1CCN1C(CN)C(C)(C)C. The molecule has 0 bridgehead atoms. The molecule has 1 heterocycles. The summed E-state index contributed by atoms with van der Waals surface area (Å²) in [7, 11) is 0. The molecule has 1 aliphatic rings. The van der Waals surface area contributed by atoms with E-state index in [4.69, 9.17) is 5.73 Å². The van der Waals surface area contributed by atoms with Crippen LogP contribution < -0.4 is 5.73 Å². The summed E-state index contributed by atoms with van der Waals surface area (Å²) < 4.78 is 0. The van der Waals surface area contributed by atoms with Crippen molar-refractivity contribution >= 4 is 0 Å². The zero-order chi connectivity index (χ0) is 9.35. The van der Waals surface area contributed by atoms with Gasteiger partial charge in [-0.1, -0.05) is 20.8 Å². The maximum atomic E-state index is 5.79. The van der Waals surface area contributed by atoms with Gasteiger partial charge in [0.05, 0.1) is 0 Å². The minimum absolute atomic E-state index is 0.323. The Balaban J connectivity index is 2.56. The highest BCUT2D eigenvalue weighted by atomic mass is 15.2. The first-order chi connectivity index (χ1) is 5.46. The Morgan fingerprint density at radius 3 is 2.17 bits per heavy atom. The standard InChI is InChI=1S/C10H22N2/c1-8-5-6-12(8)9(7-11)10(2,3)4/h8-9H,5-7,11H2,1-4H3. The Kier molecular flexibility index (Phi) is 2.79. The number of rotatable bonds is 2. The molecule has 2 N–H and O–H groups in total. The van der Waals surface area contributed by atoms with Gasteiger partial charge in [0.2, 0.25) is 0 Å². The Morgan fingerprint density at radius 2 is 2.08 bits per heavy atom. The number of hydrogen-bond donors (Lipinski definition) is 1. The average molecular weight is 170 g/mol. The fraction of sp³-hybridized carbons (Fsp3) is 1.00. The minimum atomic E-state index is 0.323. The van der Waals surface area contributed by atoms with Gasteiger partial charge in [0.1, 0.15) is 0 Å². The van der Waals surface area contributed by atoms with Crippen molar-refractivity contribution < 1.29 is 0 Å². The molecule has 1 saturated heterocycles. The molecule has 1 aliphatic heterocycles. The maximum absolute atomic E-state index is 5.79. The summed E-state index contributed by atoms with van der Waals surface area (Å²) in [5.41, 5.74) is 6.11. The summed E-state index contributed by atoms with van der Waals surface area (Å²) in [6, 6.07) is 1.30. The molecule has 0 radical (unpaired) electrons. The van der Waals surface area contributed by atoms with Crippen LogP contribution in [-0.4, -0.2) is 30.1 Å². The van der Waals surface area contributed by atoms with Crippen LogP contribution in [0.5, 0.6) is 0 Å². The van der Waals surface area contributed by atoms with Crippen molar-refractivity contribution in [2.24, 2.45) is 11.1 Å². The Hall–Kier alpha value is -0.0800. The fourth-order valence-corrected chi connectivity index (χ4v) is 1.99. The molecule has 0 amide bonds. The van der Waals surface area contributed by atoms with E-state index in [0.717, 1.165) is 12.6 Å². The van der Waals surface area contributed by atoms with Gasteiger partial charge in [0.25, 0.3) is 0 Å². The summed E-state index contributed by atoms with van der Waals surface area (Å²) in [6.45, 7) is 11.1. The first kappa shape index (κ1) is 10.0. The van der Waals surface area contributed by atoms with Crippen LogP contribution in [0.2, 0.25) is 0 Å². The molecule has 0 aliphatic carbocycles. The molecule has 12 heavy (non-hydrogen) atoms. The summed E-state index contributed by atoms with van der Waals surface area (Å²) in [5, 5.41) is 0. The third-order valence-corrected chi connectivity index (χ3v) is 2.99. The lowest BCUT2D eigenvalue weighted by Gasteiger charge is -2.49. The highest BCUT2D eigenvalue weighted by Gasteiger charge is 2.36. The Morgan fingerprint density at radius 1 is 1.50 bits per heavy atom. The first-order valence-electron chi connectivity index (χ1n) is 4.92. The molecule has 0 aromatic carbocycles. The topological polar surface area (TPSA) is 29.3 Å². The molecule has 72 valence electrons. The summed E-state index contributed by atoms with van der Waals surface area (Å²) in [4.78, 5) is 2.53.